The zero-order valence-electron chi connectivity index (χ0n) is 10.8. The van der Waals surface area contributed by atoms with Crippen LogP contribution in [-0.2, 0) is 20.8 Å². The Balaban J connectivity index is 2.59. The molecule has 0 fully saturated rings. The summed E-state index contributed by atoms with van der Waals surface area (Å²) in [5.74, 6) is -2.78. The second-order valence-electron chi connectivity index (χ2n) is 4.37. The number of carbonyl (C=O) groups is 3. The minimum Gasteiger partial charge on any atom is -0.480 e. The molecule has 0 aliphatic heterocycles. The quantitative estimate of drug-likeness (QED) is 0.507. The molecule has 2 unspecified atom stereocenters. The highest BCUT2D eigenvalue weighted by Gasteiger charge is 2.24. The van der Waals surface area contributed by atoms with Crippen LogP contribution in [0, 0.1) is 0 Å². The van der Waals surface area contributed by atoms with E-state index >= 15 is 0 Å². The molecule has 1 aromatic carbocycles. The Kier molecular flexibility index (Phi) is 5.67. The summed E-state index contributed by atoms with van der Waals surface area (Å²) in [6.45, 7) is 0. The van der Waals surface area contributed by atoms with Gasteiger partial charge in [0.2, 0.25) is 11.8 Å². The van der Waals surface area contributed by atoms with Crippen LogP contribution in [-0.4, -0.2) is 35.0 Å². The molecular formula is C13H17N3O4. The highest BCUT2D eigenvalue weighted by molar-refractivity contribution is 5.90. The molecule has 0 heterocycles. The van der Waals surface area contributed by atoms with Crippen LogP contribution < -0.4 is 16.8 Å². The first-order valence-corrected chi connectivity index (χ1v) is 6.01. The lowest BCUT2D eigenvalue weighted by Crippen LogP contribution is -2.50. The summed E-state index contributed by atoms with van der Waals surface area (Å²) < 4.78 is 0. The van der Waals surface area contributed by atoms with Gasteiger partial charge in [0.1, 0.15) is 6.04 Å². The molecular weight excluding hydrogens is 262 g/mol. The molecule has 2 amide bonds. The molecule has 0 spiro atoms. The highest BCUT2D eigenvalue weighted by atomic mass is 16.4. The minimum absolute atomic E-state index is 0.273. The number of hydrogen-bond donors (Lipinski definition) is 4. The van der Waals surface area contributed by atoms with E-state index in [0.29, 0.717) is 0 Å². The Bertz CT molecular complexity index is 490. The lowest BCUT2D eigenvalue weighted by Gasteiger charge is -2.16. The van der Waals surface area contributed by atoms with Crippen molar-refractivity contribution in [3.8, 4) is 0 Å². The molecule has 0 bridgehead atoms. The monoisotopic (exact) mass is 279 g/mol. The van der Waals surface area contributed by atoms with Crippen LogP contribution in [0.1, 0.15) is 12.0 Å². The molecule has 0 aromatic heterocycles. The highest BCUT2D eigenvalue weighted by Crippen LogP contribution is 2.02. The van der Waals surface area contributed by atoms with E-state index in [1.54, 1.807) is 0 Å². The number of carboxylic acid groups (broad SMARTS) is 1. The number of primary amides is 1. The SMILES string of the molecule is NC(=O)CC(NC(=O)C(N)Cc1ccccc1)C(=O)O. The fourth-order valence-corrected chi connectivity index (χ4v) is 1.64. The van der Waals surface area contributed by atoms with Crippen molar-refractivity contribution in [1.29, 1.82) is 0 Å². The molecule has 7 nitrogen and oxygen atoms in total. The molecule has 7 heteroatoms. The first kappa shape index (κ1) is 15.6. The predicted molar refractivity (Wildman–Crippen MR) is 71.5 cm³/mol. The third-order valence-electron chi connectivity index (χ3n) is 2.66. The Morgan fingerprint density at radius 1 is 1.20 bits per heavy atom. The number of benzene rings is 1. The molecule has 108 valence electrons. The molecule has 20 heavy (non-hydrogen) atoms. The standard InChI is InChI=1S/C13H17N3O4/c14-9(6-8-4-2-1-3-5-8)12(18)16-10(13(19)20)7-11(15)17/h1-5,9-10H,6-7,14H2,(H2,15,17)(H,16,18)(H,19,20). The summed E-state index contributed by atoms with van der Waals surface area (Å²) in [6.07, 6.45) is -0.200. The second-order valence-corrected chi connectivity index (χ2v) is 4.37. The number of carbonyl (C=O) groups excluding carboxylic acids is 2. The van der Waals surface area contributed by atoms with Crippen molar-refractivity contribution in [2.75, 3.05) is 0 Å². The first-order chi connectivity index (χ1) is 9.40. The van der Waals surface area contributed by atoms with Crippen LogP contribution >= 0.6 is 0 Å². The fourth-order valence-electron chi connectivity index (χ4n) is 1.64. The van der Waals surface area contributed by atoms with Crippen molar-refractivity contribution < 1.29 is 19.5 Å². The van der Waals surface area contributed by atoms with E-state index in [2.05, 4.69) is 5.32 Å². The van der Waals surface area contributed by atoms with Crippen LogP contribution in [0.25, 0.3) is 0 Å². The second kappa shape index (κ2) is 7.25. The molecule has 2 atom stereocenters. The maximum Gasteiger partial charge on any atom is 0.326 e. The van der Waals surface area contributed by atoms with E-state index in [1.807, 2.05) is 30.3 Å². The Morgan fingerprint density at radius 3 is 2.30 bits per heavy atom. The third kappa shape index (κ3) is 5.07. The molecule has 1 rings (SSSR count). The van der Waals surface area contributed by atoms with Gasteiger partial charge in [-0.2, -0.15) is 0 Å². The summed E-state index contributed by atoms with van der Waals surface area (Å²) >= 11 is 0. The maximum atomic E-state index is 11.8. The summed E-state index contributed by atoms with van der Waals surface area (Å²) in [7, 11) is 0. The van der Waals surface area contributed by atoms with Crippen molar-refractivity contribution in [1.82, 2.24) is 5.32 Å². The van der Waals surface area contributed by atoms with Crippen molar-refractivity contribution in [3.63, 3.8) is 0 Å². The molecule has 6 N–H and O–H groups in total. The molecule has 0 aliphatic rings. The van der Waals surface area contributed by atoms with Gasteiger partial charge in [0.15, 0.2) is 0 Å². The normalized spacial score (nSPS) is 13.2. The number of carboxylic acids is 1. The summed E-state index contributed by atoms with van der Waals surface area (Å²) in [6, 6.07) is 6.83. The Hall–Kier alpha value is -2.41. The average molecular weight is 279 g/mol. The first-order valence-electron chi connectivity index (χ1n) is 6.01. The number of aliphatic carboxylic acids is 1. The van der Waals surface area contributed by atoms with E-state index in [-0.39, 0.29) is 6.42 Å². The number of hydrogen-bond acceptors (Lipinski definition) is 4. The van der Waals surface area contributed by atoms with E-state index < -0.39 is 36.3 Å². The van der Waals surface area contributed by atoms with Gasteiger partial charge < -0.3 is 21.9 Å². The molecule has 0 saturated carbocycles. The van der Waals surface area contributed by atoms with Gasteiger partial charge in [-0.1, -0.05) is 30.3 Å². The minimum atomic E-state index is -1.36. The van der Waals surface area contributed by atoms with Gasteiger partial charge >= 0.3 is 5.97 Å². The zero-order chi connectivity index (χ0) is 15.1. The molecule has 0 aliphatic carbocycles. The summed E-state index contributed by atoms with van der Waals surface area (Å²) in [5.41, 5.74) is 11.5. The summed E-state index contributed by atoms with van der Waals surface area (Å²) in [4.78, 5) is 33.4. The Morgan fingerprint density at radius 2 is 1.80 bits per heavy atom. The number of rotatable bonds is 7. The van der Waals surface area contributed by atoms with Gasteiger partial charge in [-0.05, 0) is 12.0 Å². The van der Waals surface area contributed by atoms with Crippen LogP contribution in [0.4, 0.5) is 0 Å². The topological polar surface area (TPSA) is 136 Å². The van der Waals surface area contributed by atoms with E-state index in [9.17, 15) is 14.4 Å². The summed E-state index contributed by atoms with van der Waals surface area (Å²) in [5, 5.41) is 11.1. The van der Waals surface area contributed by atoms with Crippen molar-refractivity contribution >= 4 is 17.8 Å². The van der Waals surface area contributed by atoms with Crippen molar-refractivity contribution in [2.45, 2.75) is 24.9 Å². The third-order valence-corrected chi connectivity index (χ3v) is 2.66. The van der Waals surface area contributed by atoms with E-state index in [4.69, 9.17) is 16.6 Å². The predicted octanol–water partition coefficient (Wildman–Crippen LogP) is -0.999. The largest absolute Gasteiger partial charge is 0.480 e. The van der Waals surface area contributed by atoms with Gasteiger partial charge in [0, 0.05) is 0 Å². The average Bonchev–Trinajstić information content (AvgIpc) is 2.38. The number of amides is 2. The van der Waals surface area contributed by atoms with Crippen LogP contribution in [0.15, 0.2) is 30.3 Å². The zero-order valence-corrected chi connectivity index (χ0v) is 10.8. The van der Waals surface area contributed by atoms with E-state index in [0.717, 1.165) is 5.56 Å². The van der Waals surface area contributed by atoms with Crippen LogP contribution in [0.2, 0.25) is 0 Å². The van der Waals surface area contributed by atoms with E-state index in [1.165, 1.54) is 0 Å². The fraction of sp³-hybridized carbons (Fsp3) is 0.308. The smallest absolute Gasteiger partial charge is 0.326 e. The maximum absolute atomic E-state index is 11.8. The van der Waals surface area contributed by atoms with Gasteiger partial charge in [-0.25, -0.2) is 4.79 Å². The van der Waals surface area contributed by atoms with Crippen molar-refractivity contribution in [3.05, 3.63) is 35.9 Å². The van der Waals surface area contributed by atoms with Gasteiger partial charge in [-0.3, -0.25) is 9.59 Å². The number of nitrogens with one attached hydrogen (secondary N) is 1. The lowest BCUT2D eigenvalue weighted by atomic mass is 10.1. The molecule has 0 saturated heterocycles. The molecule has 1 aromatic rings. The lowest BCUT2D eigenvalue weighted by molar-refractivity contribution is -0.143. The number of nitrogens with two attached hydrogens (primary N) is 2. The van der Waals surface area contributed by atoms with Crippen LogP contribution in [0.3, 0.4) is 0 Å². The van der Waals surface area contributed by atoms with Crippen molar-refractivity contribution in [2.24, 2.45) is 11.5 Å². The Labute approximate surface area is 115 Å². The van der Waals surface area contributed by atoms with Gasteiger partial charge in [0.05, 0.1) is 12.5 Å². The van der Waals surface area contributed by atoms with Gasteiger partial charge in [-0.15, -0.1) is 0 Å². The van der Waals surface area contributed by atoms with Gasteiger partial charge in [0.25, 0.3) is 0 Å². The molecule has 0 radical (unpaired) electrons. The van der Waals surface area contributed by atoms with Crippen LogP contribution in [0.5, 0.6) is 0 Å².